The highest BCUT2D eigenvalue weighted by atomic mass is 16.5. The van der Waals surface area contributed by atoms with Gasteiger partial charge in [-0.2, -0.15) is 0 Å². The van der Waals surface area contributed by atoms with Gasteiger partial charge in [0.25, 0.3) is 5.56 Å². The number of aromatic amines is 1. The van der Waals surface area contributed by atoms with Crippen molar-refractivity contribution in [1.82, 2.24) is 19.5 Å². The van der Waals surface area contributed by atoms with Crippen LogP contribution < -0.4 is 10.3 Å². The van der Waals surface area contributed by atoms with Gasteiger partial charge in [0.05, 0.1) is 18.8 Å². The van der Waals surface area contributed by atoms with Crippen LogP contribution in [-0.2, 0) is 6.54 Å². The molecule has 6 heteroatoms. The summed E-state index contributed by atoms with van der Waals surface area (Å²) in [4.78, 5) is 19.6. The average Bonchev–Trinajstić information content (AvgIpc) is 3.11. The van der Waals surface area contributed by atoms with E-state index in [1.807, 2.05) is 32.0 Å². The second kappa shape index (κ2) is 7.19. The lowest BCUT2D eigenvalue weighted by Gasteiger charge is -2.35. The molecular formula is C21H26N4O2. The standard InChI is InChI=1S/C21H26N4O2/c1-14-15(2)22-20-12-18(23-25(20)21(14)26)19-6-4-5-11-24(19)13-16-7-9-17(27-3)10-8-16/h7-10,12,19,23H,4-6,11,13H2,1-3H3. The van der Waals surface area contributed by atoms with Gasteiger partial charge in [-0.15, -0.1) is 0 Å². The molecular weight excluding hydrogens is 340 g/mol. The smallest absolute Gasteiger partial charge is 0.275 e. The van der Waals surface area contributed by atoms with E-state index in [0.717, 1.165) is 36.6 Å². The molecule has 0 spiro atoms. The maximum absolute atomic E-state index is 12.5. The first-order chi connectivity index (χ1) is 13.1. The highest BCUT2D eigenvalue weighted by Crippen LogP contribution is 2.32. The Kier molecular flexibility index (Phi) is 4.74. The van der Waals surface area contributed by atoms with Crippen molar-refractivity contribution in [2.24, 2.45) is 0 Å². The van der Waals surface area contributed by atoms with Gasteiger partial charge in [-0.3, -0.25) is 14.8 Å². The number of rotatable bonds is 4. The van der Waals surface area contributed by atoms with Gasteiger partial charge in [-0.05, 0) is 50.9 Å². The van der Waals surface area contributed by atoms with E-state index in [0.29, 0.717) is 11.2 Å². The highest BCUT2D eigenvalue weighted by molar-refractivity contribution is 5.42. The van der Waals surface area contributed by atoms with Crippen LogP contribution in [0.3, 0.4) is 0 Å². The van der Waals surface area contributed by atoms with Gasteiger partial charge in [0.2, 0.25) is 0 Å². The lowest BCUT2D eigenvalue weighted by atomic mass is 9.98. The monoisotopic (exact) mass is 366 g/mol. The van der Waals surface area contributed by atoms with Gasteiger partial charge in [0.15, 0.2) is 5.65 Å². The van der Waals surface area contributed by atoms with Crippen molar-refractivity contribution < 1.29 is 4.74 Å². The summed E-state index contributed by atoms with van der Waals surface area (Å²) in [5, 5.41) is 3.32. The lowest BCUT2D eigenvalue weighted by molar-refractivity contribution is 0.137. The number of nitrogens with zero attached hydrogens (tertiary/aromatic N) is 3. The number of nitrogens with one attached hydrogen (secondary N) is 1. The normalized spacial score (nSPS) is 18.1. The number of piperidine rings is 1. The molecule has 3 heterocycles. The second-order valence-corrected chi connectivity index (χ2v) is 7.36. The third kappa shape index (κ3) is 3.37. The molecule has 0 bridgehead atoms. The zero-order valence-electron chi connectivity index (χ0n) is 16.2. The van der Waals surface area contributed by atoms with Crippen LogP contribution in [0.1, 0.15) is 47.8 Å². The first-order valence-electron chi connectivity index (χ1n) is 9.52. The van der Waals surface area contributed by atoms with Crippen LogP contribution in [0.4, 0.5) is 0 Å². The summed E-state index contributed by atoms with van der Waals surface area (Å²) in [5.41, 5.74) is 4.51. The van der Waals surface area contributed by atoms with Crippen molar-refractivity contribution in [2.45, 2.75) is 45.7 Å². The number of hydrogen-bond acceptors (Lipinski definition) is 4. The first kappa shape index (κ1) is 17.8. The number of fused-ring (bicyclic) bond motifs is 1. The van der Waals surface area contributed by atoms with E-state index in [2.05, 4.69) is 27.1 Å². The van der Waals surface area contributed by atoms with Crippen molar-refractivity contribution >= 4 is 5.65 Å². The molecule has 1 fully saturated rings. The maximum atomic E-state index is 12.5. The van der Waals surface area contributed by atoms with E-state index in [4.69, 9.17) is 4.74 Å². The number of H-pyrrole nitrogens is 1. The topological polar surface area (TPSA) is 62.6 Å². The Morgan fingerprint density at radius 1 is 1.22 bits per heavy atom. The van der Waals surface area contributed by atoms with Crippen LogP contribution in [0.5, 0.6) is 5.75 Å². The Hall–Kier alpha value is -2.60. The molecule has 1 aliphatic rings. The number of benzene rings is 1. The number of ether oxygens (including phenoxy) is 1. The fourth-order valence-electron chi connectivity index (χ4n) is 3.91. The first-order valence-corrected chi connectivity index (χ1v) is 9.52. The minimum Gasteiger partial charge on any atom is -0.497 e. The van der Waals surface area contributed by atoms with Crippen LogP contribution in [0.2, 0.25) is 0 Å². The summed E-state index contributed by atoms with van der Waals surface area (Å²) in [7, 11) is 1.69. The predicted octanol–water partition coefficient (Wildman–Crippen LogP) is 3.38. The van der Waals surface area contributed by atoms with Crippen LogP contribution in [0.25, 0.3) is 5.65 Å². The molecule has 1 saturated heterocycles. The van der Waals surface area contributed by atoms with Gasteiger partial charge in [0.1, 0.15) is 5.75 Å². The minimum atomic E-state index is -0.0127. The molecule has 0 radical (unpaired) electrons. The van der Waals surface area contributed by atoms with E-state index < -0.39 is 0 Å². The largest absolute Gasteiger partial charge is 0.497 e. The van der Waals surface area contributed by atoms with Crippen LogP contribution >= 0.6 is 0 Å². The highest BCUT2D eigenvalue weighted by Gasteiger charge is 2.26. The summed E-state index contributed by atoms with van der Waals surface area (Å²) in [6, 6.07) is 10.6. The average molecular weight is 366 g/mol. The van der Waals surface area contributed by atoms with Crippen molar-refractivity contribution in [3.8, 4) is 5.75 Å². The predicted molar refractivity (Wildman–Crippen MR) is 105 cm³/mol. The Labute approximate surface area is 158 Å². The third-order valence-electron chi connectivity index (χ3n) is 5.62. The van der Waals surface area contributed by atoms with Crippen LogP contribution in [-0.4, -0.2) is 33.2 Å². The summed E-state index contributed by atoms with van der Waals surface area (Å²) in [6.07, 6.45) is 3.47. The molecule has 1 unspecified atom stereocenters. The Morgan fingerprint density at radius 3 is 2.74 bits per heavy atom. The molecule has 1 aliphatic heterocycles. The molecule has 3 aromatic rings. The van der Waals surface area contributed by atoms with Crippen molar-refractivity contribution in [2.75, 3.05) is 13.7 Å². The van der Waals surface area contributed by atoms with Crippen molar-refractivity contribution in [3.63, 3.8) is 0 Å². The Bertz CT molecular complexity index is 1000. The second-order valence-electron chi connectivity index (χ2n) is 7.36. The number of aromatic nitrogens is 3. The number of likely N-dealkylation sites (tertiary alicyclic amines) is 1. The van der Waals surface area contributed by atoms with E-state index >= 15 is 0 Å². The fraction of sp³-hybridized carbons (Fsp3) is 0.429. The Balaban J connectivity index is 1.64. The SMILES string of the molecule is COc1ccc(CN2CCCCC2c2cc3nc(C)c(C)c(=O)n3[nH]2)cc1. The van der Waals surface area contributed by atoms with Gasteiger partial charge < -0.3 is 4.74 Å². The van der Waals surface area contributed by atoms with Crippen molar-refractivity contribution in [3.05, 3.63) is 63.2 Å². The van der Waals surface area contributed by atoms with Gasteiger partial charge in [-0.25, -0.2) is 9.50 Å². The fourth-order valence-corrected chi connectivity index (χ4v) is 3.91. The quantitative estimate of drug-likeness (QED) is 0.769. The molecule has 2 aromatic heterocycles. The molecule has 6 nitrogen and oxygen atoms in total. The number of aryl methyl sites for hydroxylation is 1. The maximum Gasteiger partial charge on any atom is 0.275 e. The molecule has 1 atom stereocenters. The van der Waals surface area contributed by atoms with E-state index in [-0.39, 0.29) is 11.6 Å². The van der Waals surface area contributed by atoms with E-state index in [1.54, 1.807) is 11.6 Å². The lowest BCUT2D eigenvalue weighted by Crippen LogP contribution is -2.33. The van der Waals surface area contributed by atoms with Crippen molar-refractivity contribution in [1.29, 1.82) is 0 Å². The summed E-state index contributed by atoms with van der Waals surface area (Å²) in [6.45, 7) is 5.64. The zero-order chi connectivity index (χ0) is 19.0. The molecule has 1 aromatic carbocycles. The van der Waals surface area contributed by atoms with Crippen LogP contribution in [0, 0.1) is 13.8 Å². The van der Waals surface area contributed by atoms with E-state index in [9.17, 15) is 4.79 Å². The van der Waals surface area contributed by atoms with Gasteiger partial charge in [-0.1, -0.05) is 18.6 Å². The molecule has 142 valence electrons. The zero-order valence-corrected chi connectivity index (χ0v) is 16.2. The van der Waals surface area contributed by atoms with Gasteiger partial charge >= 0.3 is 0 Å². The number of methoxy groups -OCH3 is 1. The molecule has 1 N–H and O–H groups in total. The summed E-state index contributed by atoms with van der Waals surface area (Å²) < 4.78 is 6.84. The summed E-state index contributed by atoms with van der Waals surface area (Å²) >= 11 is 0. The molecule has 27 heavy (non-hydrogen) atoms. The molecule has 0 amide bonds. The molecule has 0 aliphatic carbocycles. The molecule has 0 saturated carbocycles. The minimum absolute atomic E-state index is 0.0127. The summed E-state index contributed by atoms with van der Waals surface area (Å²) in [5.74, 6) is 0.876. The third-order valence-corrected chi connectivity index (χ3v) is 5.62. The van der Waals surface area contributed by atoms with Gasteiger partial charge in [0, 0.05) is 23.9 Å². The van der Waals surface area contributed by atoms with E-state index in [1.165, 1.54) is 18.4 Å². The van der Waals surface area contributed by atoms with Crippen LogP contribution in [0.15, 0.2) is 35.1 Å². The number of hydrogen-bond donors (Lipinski definition) is 1. The molecule has 4 rings (SSSR count). The Morgan fingerprint density at radius 2 is 2.00 bits per heavy atom.